The number of ether oxygens (including phenoxy) is 1. The van der Waals surface area contributed by atoms with Gasteiger partial charge in [0.25, 0.3) is 0 Å². The number of benzene rings is 1. The summed E-state index contributed by atoms with van der Waals surface area (Å²) in [7, 11) is 1.56. The Hall–Kier alpha value is -2.31. The third-order valence-corrected chi connectivity index (χ3v) is 4.05. The van der Waals surface area contributed by atoms with Crippen molar-refractivity contribution in [3.05, 3.63) is 41.6 Å². The number of aromatic nitrogens is 2. The molecule has 0 aliphatic heterocycles. The Bertz CT molecular complexity index is 719. The first-order valence-electron chi connectivity index (χ1n) is 8.76. The van der Waals surface area contributed by atoms with Gasteiger partial charge in [0.2, 0.25) is 0 Å². The summed E-state index contributed by atoms with van der Waals surface area (Å²) in [5.41, 5.74) is 0.779. The van der Waals surface area contributed by atoms with Crippen molar-refractivity contribution < 1.29 is 17.9 Å². The lowest BCUT2D eigenvalue weighted by Crippen LogP contribution is -2.19. The number of halogens is 3. The van der Waals surface area contributed by atoms with Crippen molar-refractivity contribution in [3.8, 4) is 6.01 Å². The van der Waals surface area contributed by atoms with E-state index in [2.05, 4.69) is 16.9 Å². The summed E-state index contributed by atoms with van der Waals surface area (Å²) in [5, 5.41) is 0. The van der Waals surface area contributed by atoms with Gasteiger partial charge in [0.05, 0.1) is 6.61 Å². The van der Waals surface area contributed by atoms with Gasteiger partial charge in [0.15, 0.2) is 5.82 Å². The lowest BCUT2D eigenvalue weighted by Gasteiger charge is -2.23. The van der Waals surface area contributed by atoms with E-state index in [4.69, 9.17) is 4.74 Å². The van der Waals surface area contributed by atoms with Crippen molar-refractivity contribution in [2.45, 2.75) is 45.7 Å². The molecule has 2 rings (SSSR count). The molecule has 0 atom stereocenters. The van der Waals surface area contributed by atoms with E-state index in [1.807, 2.05) is 25.1 Å². The molecule has 26 heavy (non-hydrogen) atoms. The molecule has 1 aromatic heterocycles. The van der Waals surface area contributed by atoms with Crippen LogP contribution in [-0.2, 0) is 12.6 Å². The van der Waals surface area contributed by atoms with Crippen molar-refractivity contribution in [3.63, 3.8) is 0 Å². The summed E-state index contributed by atoms with van der Waals surface area (Å²) in [6, 6.07) is 7.32. The zero-order valence-electron chi connectivity index (χ0n) is 15.3. The van der Waals surface area contributed by atoms with Gasteiger partial charge in [0.1, 0.15) is 5.56 Å². The number of aryl methyl sites for hydroxylation is 1. The van der Waals surface area contributed by atoms with Crippen LogP contribution in [0.5, 0.6) is 6.01 Å². The maximum atomic E-state index is 13.4. The van der Waals surface area contributed by atoms with Gasteiger partial charge >= 0.3 is 12.2 Å². The van der Waals surface area contributed by atoms with Crippen LogP contribution in [0.3, 0.4) is 0 Å². The van der Waals surface area contributed by atoms with Crippen LogP contribution in [0, 0.1) is 0 Å². The number of unbranched alkanes of at least 4 members (excludes halogenated alkanes) is 2. The molecule has 2 aromatic rings. The lowest BCUT2D eigenvalue weighted by molar-refractivity contribution is -0.137. The van der Waals surface area contributed by atoms with Crippen molar-refractivity contribution in [2.24, 2.45) is 0 Å². The van der Waals surface area contributed by atoms with Crippen LogP contribution in [0.15, 0.2) is 30.5 Å². The first-order valence-corrected chi connectivity index (χ1v) is 8.76. The smallest absolute Gasteiger partial charge is 0.421 e. The van der Waals surface area contributed by atoms with Gasteiger partial charge in [-0.05, 0) is 30.5 Å². The Morgan fingerprint density at radius 1 is 1.15 bits per heavy atom. The van der Waals surface area contributed by atoms with Gasteiger partial charge < -0.3 is 9.64 Å². The van der Waals surface area contributed by atoms with Gasteiger partial charge in [-0.2, -0.15) is 18.2 Å². The van der Waals surface area contributed by atoms with Gasteiger partial charge in [-0.1, -0.05) is 38.8 Å². The minimum Gasteiger partial charge on any atom is -0.463 e. The highest BCUT2D eigenvalue weighted by Crippen LogP contribution is 2.37. The highest BCUT2D eigenvalue weighted by molar-refractivity contribution is 5.63. The summed E-state index contributed by atoms with van der Waals surface area (Å²) >= 11 is 0. The molecular formula is C19H24F3N3O. The van der Waals surface area contributed by atoms with E-state index in [1.54, 1.807) is 13.1 Å². The third kappa shape index (κ3) is 5.09. The number of rotatable bonds is 8. The van der Waals surface area contributed by atoms with E-state index < -0.39 is 11.7 Å². The Morgan fingerprint density at radius 3 is 2.58 bits per heavy atom. The first kappa shape index (κ1) is 20.0. The van der Waals surface area contributed by atoms with Crippen LogP contribution in [0.25, 0.3) is 0 Å². The average Bonchev–Trinajstić information content (AvgIpc) is 2.63. The van der Waals surface area contributed by atoms with E-state index in [-0.39, 0.29) is 11.8 Å². The van der Waals surface area contributed by atoms with Gasteiger partial charge in [0, 0.05) is 18.9 Å². The third-order valence-electron chi connectivity index (χ3n) is 4.05. The summed E-state index contributed by atoms with van der Waals surface area (Å²) in [4.78, 5) is 9.19. The molecule has 0 aliphatic carbocycles. The monoisotopic (exact) mass is 367 g/mol. The first-order chi connectivity index (χ1) is 12.4. The van der Waals surface area contributed by atoms with Crippen molar-refractivity contribution >= 4 is 11.5 Å². The minimum absolute atomic E-state index is 0.0393. The molecule has 0 bridgehead atoms. The molecule has 0 saturated heterocycles. The molecule has 1 heterocycles. The molecule has 0 N–H and O–H groups in total. The van der Waals surface area contributed by atoms with Crippen LogP contribution in [0.1, 0.15) is 44.2 Å². The fourth-order valence-electron chi connectivity index (χ4n) is 2.51. The predicted octanol–water partition coefficient (Wildman–Crippen LogP) is 5.39. The highest BCUT2D eigenvalue weighted by Gasteiger charge is 2.36. The lowest BCUT2D eigenvalue weighted by atomic mass is 10.1. The molecule has 1 aromatic carbocycles. The standard InChI is InChI=1S/C19H24F3N3O/c1-4-6-7-11-26-18-23-13-16(19(20,21)22)17(24-18)25(3)15-10-8-9-14(5-2)12-15/h8-10,12-13H,4-7,11H2,1-3H3. The van der Waals surface area contributed by atoms with E-state index in [0.717, 1.165) is 37.4 Å². The fourth-order valence-corrected chi connectivity index (χ4v) is 2.51. The van der Waals surface area contributed by atoms with Crippen molar-refractivity contribution in [1.29, 1.82) is 0 Å². The van der Waals surface area contributed by atoms with Gasteiger partial charge in [-0.25, -0.2) is 4.98 Å². The minimum atomic E-state index is -4.55. The fraction of sp³-hybridized carbons (Fsp3) is 0.474. The molecule has 0 radical (unpaired) electrons. The second-order valence-corrected chi connectivity index (χ2v) is 6.03. The topological polar surface area (TPSA) is 38.2 Å². The number of nitrogens with zero attached hydrogens (tertiary/aromatic N) is 3. The van der Waals surface area contributed by atoms with E-state index >= 15 is 0 Å². The molecule has 0 spiro atoms. The van der Waals surface area contributed by atoms with E-state index in [1.165, 1.54) is 4.90 Å². The maximum Gasteiger partial charge on any atom is 0.421 e. The average molecular weight is 367 g/mol. The molecule has 0 saturated carbocycles. The quantitative estimate of drug-likeness (QED) is 0.586. The van der Waals surface area contributed by atoms with E-state index in [9.17, 15) is 13.2 Å². The van der Waals surface area contributed by atoms with Gasteiger partial charge in [-0.3, -0.25) is 0 Å². The summed E-state index contributed by atoms with van der Waals surface area (Å²) in [5.74, 6) is -0.216. The zero-order valence-corrected chi connectivity index (χ0v) is 15.3. The predicted molar refractivity (Wildman–Crippen MR) is 95.9 cm³/mol. The zero-order chi connectivity index (χ0) is 19.2. The SMILES string of the molecule is CCCCCOc1ncc(C(F)(F)F)c(N(C)c2cccc(CC)c2)n1. The molecule has 0 amide bonds. The number of anilines is 2. The Balaban J connectivity index is 2.35. The second kappa shape index (κ2) is 8.87. The molecule has 142 valence electrons. The van der Waals surface area contributed by atoms with Crippen LogP contribution in [0.2, 0.25) is 0 Å². The molecule has 7 heteroatoms. The second-order valence-electron chi connectivity index (χ2n) is 6.03. The molecule has 0 aliphatic rings. The summed E-state index contributed by atoms with van der Waals surface area (Å²) in [6.45, 7) is 4.44. The summed E-state index contributed by atoms with van der Waals surface area (Å²) < 4.78 is 45.7. The van der Waals surface area contributed by atoms with Crippen molar-refractivity contribution in [2.75, 3.05) is 18.6 Å². The van der Waals surface area contributed by atoms with Gasteiger partial charge in [-0.15, -0.1) is 0 Å². The number of hydrogen-bond acceptors (Lipinski definition) is 4. The highest BCUT2D eigenvalue weighted by atomic mass is 19.4. The maximum absolute atomic E-state index is 13.4. The Kier molecular flexibility index (Phi) is 6.83. The Morgan fingerprint density at radius 2 is 1.92 bits per heavy atom. The van der Waals surface area contributed by atoms with Crippen LogP contribution >= 0.6 is 0 Å². The molecule has 0 unspecified atom stereocenters. The summed E-state index contributed by atoms with van der Waals surface area (Å²) in [6.07, 6.45) is -0.144. The van der Waals surface area contributed by atoms with Crippen LogP contribution in [0.4, 0.5) is 24.7 Å². The Labute approximate surface area is 152 Å². The molecule has 4 nitrogen and oxygen atoms in total. The largest absolute Gasteiger partial charge is 0.463 e. The van der Waals surface area contributed by atoms with Crippen LogP contribution in [-0.4, -0.2) is 23.6 Å². The normalized spacial score (nSPS) is 11.5. The molecular weight excluding hydrogens is 343 g/mol. The van der Waals surface area contributed by atoms with E-state index in [0.29, 0.717) is 12.3 Å². The van der Waals surface area contributed by atoms with Crippen LogP contribution < -0.4 is 9.64 Å². The number of hydrogen-bond donors (Lipinski definition) is 0. The van der Waals surface area contributed by atoms with Crippen molar-refractivity contribution in [1.82, 2.24) is 9.97 Å². The molecule has 0 fully saturated rings. The number of alkyl halides is 3.